The minimum absolute atomic E-state index is 1.50. The molecule has 0 radical (unpaired) electrons. The topological polar surface area (TPSA) is 46.5 Å². The Morgan fingerprint density at radius 3 is 1.38 bits per heavy atom. The summed E-state index contributed by atoms with van der Waals surface area (Å²) in [6.45, 7) is 12.0. The Morgan fingerprint density at radius 1 is 1.00 bits per heavy atom. The monoisotopic (exact) mass is 235 g/mol. The van der Waals surface area contributed by atoms with Crippen LogP contribution in [0.5, 0.6) is 0 Å². The molecule has 0 fully saturated rings. The van der Waals surface area contributed by atoms with Crippen LogP contribution in [0.1, 0.15) is 0 Å². The lowest BCUT2D eigenvalue weighted by Gasteiger charge is -2.33. The van der Waals surface area contributed by atoms with E-state index in [1.807, 2.05) is 39.3 Å². The van der Waals surface area contributed by atoms with Crippen LogP contribution in [0.3, 0.4) is 0 Å². The first-order valence-corrected chi connectivity index (χ1v) is 14.6. The van der Waals surface area contributed by atoms with E-state index in [2.05, 4.69) is 4.76 Å². The zero-order valence-electron chi connectivity index (χ0n) is 9.21. The second kappa shape index (κ2) is 3.66. The summed E-state index contributed by atoms with van der Waals surface area (Å²) in [7, 11) is -3.76. The molecule has 0 aliphatic heterocycles. The van der Waals surface area contributed by atoms with Crippen LogP contribution < -0.4 is 0 Å². The van der Waals surface area contributed by atoms with Crippen molar-refractivity contribution in [1.29, 1.82) is 0 Å². The van der Waals surface area contributed by atoms with Crippen molar-refractivity contribution in [3.8, 4) is 0 Å². The normalized spacial score (nSPS) is 13.7. The van der Waals surface area contributed by atoms with Gasteiger partial charge in [-0.1, -0.05) is 39.3 Å². The van der Waals surface area contributed by atoms with Gasteiger partial charge in [-0.2, -0.15) is 4.76 Å². The molecule has 0 aromatic carbocycles. The molecule has 0 aromatic heterocycles. The van der Waals surface area contributed by atoms with Gasteiger partial charge in [0.1, 0.15) is 15.5 Å². The van der Waals surface area contributed by atoms with E-state index < -0.39 is 21.9 Å². The van der Waals surface area contributed by atoms with Crippen LogP contribution in [-0.4, -0.2) is 21.6 Å². The number of nitrogens with zero attached hydrogens (tertiary/aromatic N) is 1. The molecular formula is C7H18NO2PSi2. The fraction of sp³-hybridized carbons (Fsp3) is 0.857. The van der Waals surface area contributed by atoms with E-state index in [9.17, 15) is 9.36 Å². The van der Waals surface area contributed by atoms with Crippen molar-refractivity contribution < 1.29 is 9.36 Å². The summed E-state index contributed by atoms with van der Waals surface area (Å²) in [4.78, 5) is 10.3. The molecule has 76 valence electrons. The van der Waals surface area contributed by atoms with Gasteiger partial charge in [-0.3, -0.25) is 0 Å². The largest absolute Gasteiger partial charge is 0.309 e. The smallest absolute Gasteiger partial charge is 0.241 e. The molecule has 6 heteroatoms. The minimum atomic E-state index is -2.61. The Morgan fingerprint density at radius 2 is 1.31 bits per heavy atom. The molecule has 3 nitrogen and oxygen atoms in total. The molecule has 0 N–H and O–H groups in total. The third-order valence-corrected chi connectivity index (χ3v) is 29.6. The molecule has 0 spiro atoms. The predicted molar refractivity (Wildman–Crippen MR) is 62.4 cm³/mol. The van der Waals surface area contributed by atoms with Crippen LogP contribution in [-0.2, 0) is 9.36 Å². The van der Waals surface area contributed by atoms with Crippen molar-refractivity contribution in [2.75, 3.05) is 0 Å². The quantitative estimate of drug-likeness (QED) is 0.326. The summed E-state index contributed by atoms with van der Waals surface area (Å²) in [5.74, 6) is 0. The lowest BCUT2D eigenvalue weighted by atomic mass is 11.7. The molecule has 0 atom stereocenters. The van der Waals surface area contributed by atoms with Gasteiger partial charge in [0.05, 0.1) is 0 Å². The van der Waals surface area contributed by atoms with Crippen LogP contribution in [0.4, 0.5) is 0 Å². The van der Waals surface area contributed by atoms with Crippen LogP contribution in [0.2, 0.25) is 39.3 Å². The van der Waals surface area contributed by atoms with Gasteiger partial charge in [0, 0.05) is 0 Å². The maximum Gasteiger partial charge on any atom is 0.241 e. The van der Waals surface area contributed by atoms with Gasteiger partial charge < -0.3 is 4.57 Å². The van der Waals surface area contributed by atoms with Gasteiger partial charge in [-0.05, 0) is 0 Å². The van der Waals surface area contributed by atoms with Crippen molar-refractivity contribution in [1.82, 2.24) is 0 Å². The molecule has 0 amide bonds. The van der Waals surface area contributed by atoms with Crippen LogP contribution in [0.25, 0.3) is 0 Å². The van der Waals surface area contributed by atoms with Crippen molar-refractivity contribution in [2.45, 2.75) is 39.3 Å². The van der Waals surface area contributed by atoms with E-state index in [-0.39, 0.29) is 0 Å². The van der Waals surface area contributed by atoms with E-state index in [4.69, 9.17) is 0 Å². The third-order valence-electron chi connectivity index (χ3n) is 2.00. The highest BCUT2D eigenvalue weighted by molar-refractivity contribution is 8.21. The molecule has 0 heterocycles. The SMILES string of the molecule is C[Si](C)(C)P(=O)(N=C=O)[Si](C)(C)C. The fourth-order valence-electron chi connectivity index (χ4n) is 1.36. The summed E-state index contributed by atoms with van der Waals surface area (Å²) in [6, 6.07) is 0. The number of carbonyl (C=O) groups excluding carboxylic acids is 1. The van der Waals surface area contributed by atoms with E-state index >= 15 is 0 Å². The fourth-order valence-corrected chi connectivity index (χ4v) is 30.3. The first-order chi connectivity index (χ1) is 5.56. The lowest BCUT2D eigenvalue weighted by molar-refractivity contribution is 0.564. The highest BCUT2D eigenvalue weighted by Gasteiger charge is 2.49. The molecule has 0 aliphatic rings. The Labute approximate surface area is 81.8 Å². The molecule has 0 saturated heterocycles. The predicted octanol–water partition coefficient (Wildman–Crippen LogP) is 3.27. The molecule has 0 saturated carbocycles. The highest BCUT2D eigenvalue weighted by atomic mass is 31.6. The Kier molecular flexibility index (Phi) is 3.67. The van der Waals surface area contributed by atoms with Crippen LogP contribution >= 0.6 is 6.39 Å². The summed E-state index contributed by atoms with van der Waals surface area (Å²) in [6.07, 6.45) is -1.11. The third kappa shape index (κ3) is 2.50. The van der Waals surface area contributed by atoms with Crippen molar-refractivity contribution in [2.24, 2.45) is 4.76 Å². The highest BCUT2D eigenvalue weighted by Crippen LogP contribution is 2.63. The van der Waals surface area contributed by atoms with E-state index in [0.29, 0.717) is 0 Å². The summed E-state index contributed by atoms with van der Waals surface area (Å²) in [5.41, 5.74) is 0. The van der Waals surface area contributed by atoms with E-state index in [0.717, 1.165) is 0 Å². The first-order valence-electron chi connectivity index (χ1n) is 4.26. The first kappa shape index (κ1) is 13.0. The molecule has 0 unspecified atom stereocenters. The summed E-state index contributed by atoms with van der Waals surface area (Å²) in [5, 5.41) is 0. The molecule has 0 bridgehead atoms. The van der Waals surface area contributed by atoms with Gasteiger partial charge in [0.15, 0.2) is 6.39 Å². The summed E-state index contributed by atoms with van der Waals surface area (Å²) >= 11 is 0. The maximum absolute atomic E-state index is 12.6. The van der Waals surface area contributed by atoms with E-state index in [1.165, 1.54) is 6.08 Å². The number of hydrogen-bond acceptors (Lipinski definition) is 2. The molecular weight excluding hydrogens is 217 g/mol. The van der Waals surface area contributed by atoms with Gasteiger partial charge in [0.25, 0.3) is 0 Å². The van der Waals surface area contributed by atoms with Crippen LogP contribution in [0.15, 0.2) is 4.76 Å². The molecule has 0 aliphatic carbocycles. The number of hydrogen-bond donors (Lipinski definition) is 0. The number of rotatable bonds is 3. The average molecular weight is 235 g/mol. The molecule has 13 heavy (non-hydrogen) atoms. The summed E-state index contributed by atoms with van der Waals surface area (Å²) < 4.78 is 16.2. The van der Waals surface area contributed by atoms with E-state index in [1.54, 1.807) is 0 Å². The van der Waals surface area contributed by atoms with Gasteiger partial charge >= 0.3 is 0 Å². The Hall–Kier alpha value is 0.0438. The van der Waals surface area contributed by atoms with Crippen molar-refractivity contribution in [3.63, 3.8) is 0 Å². The Balaban J connectivity index is 5.49. The zero-order valence-corrected chi connectivity index (χ0v) is 12.1. The average Bonchev–Trinajstić information content (AvgIpc) is 1.82. The zero-order chi connectivity index (χ0) is 10.9. The standard InChI is InChI=1S/C7H18NO2PSi2/c1-12(2,3)11(10,8-7-9)13(4,5)6/h1-6H3. The van der Waals surface area contributed by atoms with Crippen molar-refractivity contribution in [3.05, 3.63) is 0 Å². The van der Waals surface area contributed by atoms with Crippen molar-refractivity contribution >= 4 is 28.0 Å². The van der Waals surface area contributed by atoms with Crippen LogP contribution in [0, 0.1) is 0 Å². The number of isocyanates is 1. The van der Waals surface area contributed by atoms with Gasteiger partial charge in [-0.15, -0.1) is 0 Å². The lowest BCUT2D eigenvalue weighted by Crippen LogP contribution is -2.34. The molecule has 0 aromatic rings. The second-order valence-corrected chi connectivity index (χ2v) is 28.2. The van der Waals surface area contributed by atoms with Gasteiger partial charge in [-0.25, -0.2) is 4.79 Å². The second-order valence-electron chi connectivity index (χ2n) is 5.11. The minimum Gasteiger partial charge on any atom is -0.309 e. The maximum atomic E-state index is 12.6. The molecule has 0 rings (SSSR count). The van der Waals surface area contributed by atoms with Gasteiger partial charge in [0.2, 0.25) is 6.08 Å². The Bertz CT molecular complexity index is 266.